The van der Waals surface area contributed by atoms with Gasteiger partial charge in [-0.05, 0) is 31.4 Å². The van der Waals surface area contributed by atoms with Crippen molar-refractivity contribution < 1.29 is 14.3 Å². The molecular weight excluding hydrogens is 458 g/mol. The number of piperidine rings is 1. The van der Waals surface area contributed by atoms with Gasteiger partial charge in [-0.15, -0.1) is 0 Å². The summed E-state index contributed by atoms with van der Waals surface area (Å²) in [5, 5.41) is 9.05. The maximum Gasteiger partial charge on any atom is 0.409 e. The molecule has 1 aliphatic rings. The number of hydrogen-bond acceptors (Lipinski definition) is 5. The van der Waals surface area contributed by atoms with Crippen molar-refractivity contribution in [1.29, 1.82) is 0 Å². The summed E-state index contributed by atoms with van der Waals surface area (Å²) in [6, 6.07) is 17.8. The highest BCUT2D eigenvalue weighted by Gasteiger charge is 2.25. The van der Waals surface area contributed by atoms with Gasteiger partial charge in [-0.2, -0.15) is 5.10 Å². The van der Waals surface area contributed by atoms with Gasteiger partial charge in [0.15, 0.2) is 0 Å². The summed E-state index contributed by atoms with van der Waals surface area (Å²) in [6.07, 6.45) is 2.62. The number of likely N-dealkylation sites (tertiary alicyclic amines) is 1. The molecule has 2 aromatic carbocycles. The van der Waals surface area contributed by atoms with Crippen LogP contribution in [0.2, 0.25) is 0 Å². The molecule has 0 bridgehead atoms. The van der Waals surface area contributed by atoms with Crippen LogP contribution in [0.4, 0.5) is 4.79 Å². The average Bonchev–Trinajstić information content (AvgIpc) is 3.21. The van der Waals surface area contributed by atoms with Gasteiger partial charge < -0.3 is 19.5 Å². The van der Waals surface area contributed by atoms with Gasteiger partial charge in [-0.1, -0.05) is 48.5 Å². The van der Waals surface area contributed by atoms with E-state index >= 15 is 0 Å². The summed E-state index contributed by atoms with van der Waals surface area (Å²) < 4.78 is 8.28. The molecule has 0 saturated carbocycles. The lowest BCUT2D eigenvalue weighted by molar-refractivity contribution is -0.122. The van der Waals surface area contributed by atoms with E-state index in [4.69, 9.17) is 4.74 Å². The molecule has 3 heterocycles. The number of nitrogens with zero attached hydrogens (tertiary/aromatic N) is 4. The number of nitrogens with one attached hydrogen (secondary N) is 1. The zero-order valence-electron chi connectivity index (χ0n) is 20.2. The fourth-order valence-electron chi connectivity index (χ4n) is 4.87. The van der Waals surface area contributed by atoms with Crippen LogP contribution in [0.15, 0.2) is 65.6 Å². The first-order valence-electron chi connectivity index (χ1n) is 12.3. The molecule has 0 radical (unpaired) electrons. The van der Waals surface area contributed by atoms with Crippen molar-refractivity contribution in [2.75, 3.05) is 19.7 Å². The predicted molar refractivity (Wildman–Crippen MR) is 137 cm³/mol. The van der Waals surface area contributed by atoms with Crippen LogP contribution in [-0.2, 0) is 22.6 Å². The monoisotopic (exact) mass is 487 g/mol. The summed E-state index contributed by atoms with van der Waals surface area (Å²) in [5.41, 5.74) is 2.26. The van der Waals surface area contributed by atoms with Gasteiger partial charge in [0, 0.05) is 42.0 Å². The van der Waals surface area contributed by atoms with Crippen LogP contribution in [0.3, 0.4) is 0 Å². The highest BCUT2D eigenvalue weighted by atomic mass is 16.6. The molecule has 1 N–H and O–H groups in total. The molecule has 0 unspecified atom stereocenters. The third-order valence-electron chi connectivity index (χ3n) is 6.64. The molecule has 4 aromatic rings. The van der Waals surface area contributed by atoms with Crippen molar-refractivity contribution in [3.63, 3.8) is 0 Å². The molecule has 1 aliphatic heterocycles. The second kappa shape index (κ2) is 10.2. The number of amides is 2. The van der Waals surface area contributed by atoms with Gasteiger partial charge in [0.2, 0.25) is 5.91 Å². The first kappa shape index (κ1) is 23.6. The van der Waals surface area contributed by atoms with Crippen molar-refractivity contribution in [3.8, 4) is 0 Å². The van der Waals surface area contributed by atoms with E-state index in [1.807, 2.05) is 59.2 Å². The SMILES string of the molecule is CCOC(=O)N1CCC(NC(=O)Cn2ncc3c4ccccc4n(Cc4ccccc4)c3c2=O)CC1. The molecule has 5 rings (SSSR count). The summed E-state index contributed by atoms with van der Waals surface area (Å²) >= 11 is 0. The van der Waals surface area contributed by atoms with E-state index in [0.717, 1.165) is 21.9 Å². The van der Waals surface area contributed by atoms with E-state index < -0.39 is 0 Å². The summed E-state index contributed by atoms with van der Waals surface area (Å²) in [4.78, 5) is 39.9. The quantitative estimate of drug-likeness (QED) is 0.451. The van der Waals surface area contributed by atoms with Gasteiger partial charge in [0.25, 0.3) is 5.56 Å². The minimum absolute atomic E-state index is 0.0628. The molecule has 0 aliphatic carbocycles. The lowest BCUT2D eigenvalue weighted by atomic mass is 10.1. The van der Waals surface area contributed by atoms with Gasteiger partial charge in [0.05, 0.1) is 12.8 Å². The molecule has 2 aromatic heterocycles. The number of hydrogen-bond donors (Lipinski definition) is 1. The molecule has 186 valence electrons. The maximum atomic E-state index is 13.6. The Morgan fingerprint density at radius 2 is 1.75 bits per heavy atom. The molecule has 9 nitrogen and oxygen atoms in total. The van der Waals surface area contributed by atoms with Crippen molar-refractivity contribution in [2.45, 2.75) is 38.9 Å². The Labute approximate surface area is 208 Å². The zero-order valence-corrected chi connectivity index (χ0v) is 20.2. The van der Waals surface area contributed by atoms with Gasteiger partial charge in [-0.3, -0.25) is 9.59 Å². The number of rotatable bonds is 6. The second-order valence-electron chi connectivity index (χ2n) is 8.99. The van der Waals surface area contributed by atoms with Crippen LogP contribution in [-0.4, -0.2) is 57.0 Å². The first-order valence-corrected chi connectivity index (χ1v) is 12.3. The van der Waals surface area contributed by atoms with E-state index in [0.29, 0.717) is 44.6 Å². The lowest BCUT2D eigenvalue weighted by Gasteiger charge is -2.31. The van der Waals surface area contributed by atoms with E-state index in [-0.39, 0.29) is 30.1 Å². The number of para-hydroxylation sites is 1. The zero-order chi connectivity index (χ0) is 25.1. The average molecular weight is 488 g/mol. The highest BCUT2D eigenvalue weighted by molar-refractivity contribution is 6.07. The number of fused-ring (bicyclic) bond motifs is 3. The van der Waals surface area contributed by atoms with Crippen molar-refractivity contribution in [3.05, 3.63) is 76.7 Å². The number of carbonyl (C=O) groups excluding carboxylic acids is 2. The van der Waals surface area contributed by atoms with Crippen LogP contribution in [0.25, 0.3) is 21.8 Å². The van der Waals surface area contributed by atoms with Crippen molar-refractivity contribution >= 4 is 33.8 Å². The van der Waals surface area contributed by atoms with Crippen LogP contribution in [0.5, 0.6) is 0 Å². The molecule has 0 atom stereocenters. The molecule has 0 spiro atoms. The second-order valence-corrected chi connectivity index (χ2v) is 8.99. The van der Waals surface area contributed by atoms with E-state index in [9.17, 15) is 14.4 Å². The summed E-state index contributed by atoms with van der Waals surface area (Å²) in [6.45, 7) is 3.53. The molecular formula is C27H29N5O4. The molecule has 36 heavy (non-hydrogen) atoms. The fraction of sp³-hybridized carbons (Fsp3) is 0.333. The fourth-order valence-corrected chi connectivity index (χ4v) is 4.87. The standard InChI is InChI=1S/C27H29N5O4/c1-2-36-27(35)30-14-12-20(13-15-30)29-24(33)18-32-26(34)25-22(16-28-32)21-10-6-7-11-23(21)31(25)17-19-8-4-3-5-9-19/h3-11,16,20H,2,12-15,17-18H2,1H3,(H,29,33). The highest BCUT2D eigenvalue weighted by Crippen LogP contribution is 2.27. The topological polar surface area (TPSA) is 98.5 Å². The molecule has 1 fully saturated rings. The van der Waals surface area contributed by atoms with E-state index in [1.54, 1.807) is 18.0 Å². The van der Waals surface area contributed by atoms with Gasteiger partial charge >= 0.3 is 6.09 Å². The Kier molecular flexibility index (Phi) is 6.71. The van der Waals surface area contributed by atoms with Crippen LogP contribution in [0, 0.1) is 0 Å². The Morgan fingerprint density at radius 1 is 1.03 bits per heavy atom. The van der Waals surface area contributed by atoms with Crippen molar-refractivity contribution in [2.24, 2.45) is 0 Å². The van der Waals surface area contributed by atoms with Crippen LogP contribution >= 0.6 is 0 Å². The molecule has 1 saturated heterocycles. The number of carbonyl (C=O) groups is 2. The Morgan fingerprint density at radius 3 is 2.50 bits per heavy atom. The predicted octanol–water partition coefficient (Wildman–Crippen LogP) is 3.14. The number of aromatic nitrogens is 3. The van der Waals surface area contributed by atoms with Gasteiger partial charge in [0.1, 0.15) is 12.1 Å². The summed E-state index contributed by atoms with van der Waals surface area (Å²) in [5.74, 6) is -0.274. The Hall–Kier alpha value is -4.14. The summed E-state index contributed by atoms with van der Waals surface area (Å²) in [7, 11) is 0. The smallest absolute Gasteiger partial charge is 0.409 e. The molecule has 2 amide bonds. The van der Waals surface area contributed by atoms with E-state index in [1.165, 1.54) is 4.68 Å². The van der Waals surface area contributed by atoms with Crippen molar-refractivity contribution in [1.82, 2.24) is 24.6 Å². The maximum absolute atomic E-state index is 13.6. The van der Waals surface area contributed by atoms with Crippen LogP contribution < -0.4 is 10.9 Å². The van der Waals surface area contributed by atoms with Gasteiger partial charge in [-0.25, -0.2) is 9.48 Å². The Balaban J connectivity index is 1.36. The van der Waals surface area contributed by atoms with Crippen LogP contribution in [0.1, 0.15) is 25.3 Å². The molecule has 9 heteroatoms. The third-order valence-corrected chi connectivity index (χ3v) is 6.64. The lowest BCUT2D eigenvalue weighted by Crippen LogP contribution is -2.47. The minimum atomic E-state index is -0.322. The Bertz CT molecular complexity index is 1450. The normalized spacial score (nSPS) is 14.3. The van der Waals surface area contributed by atoms with E-state index in [2.05, 4.69) is 10.4 Å². The first-order chi connectivity index (χ1) is 17.5. The third kappa shape index (κ3) is 4.68. The minimum Gasteiger partial charge on any atom is -0.450 e. The number of benzene rings is 2. The largest absolute Gasteiger partial charge is 0.450 e. The number of ether oxygens (including phenoxy) is 1.